The number of hydrogen-bond acceptors (Lipinski definition) is 0. The lowest BCUT2D eigenvalue weighted by atomic mass is 10.1. The molecule has 0 saturated carbocycles. The maximum absolute atomic E-state index is 3.51. The van der Waals surface area contributed by atoms with Crippen LogP contribution in [0.15, 0.2) is 41.0 Å². The molecule has 0 aliphatic heterocycles. The van der Waals surface area contributed by atoms with E-state index >= 15 is 0 Å². The molecule has 90 valence electrons. The number of benzene rings is 1. The van der Waals surface area contributed by atoms with Crippen molar-refractivity contribution in [2.75, 3.05) is 5.33 Å². The van der Waals surface area contributed by atoms with E-state index in [9.17, 15) is 0 Å². The Morgan fingerprint density at radius 2 is 2.00 bits per heavy atom. The molecule has 0 amide bonds. The minimum atomic E-state index is 0. The molecular weight excluding hydrogens is 410 g/mol. The third kappa shape index (κ3) is 3.39. The first-order valence-electron chi connectivity index (χ1n) is 5.04. The molecule has 4 heteroatoms. The van der Waals surface area contributed by atoms with Crippen molar-refractivity contribution in [2.24, 2.45) is 0 Å². The van der Waals surface area contributed by atoms with Crippen molar-refractivity contribution >= 4 is 49.0 Å². The SMILES string of the molecule is Cc1cc[n+](C=C(Br)CBr)c2ccccc12.[Br-]. The molecule has 0 bridgehead atoms. The maximum Gasteiger partial charge on any atom is 0.218 e. The Balaban J connectivity index is 0.00000144. The number of pyridine rings is 1. The minimum absolute atomic E-state index is 0. The van der Waals surface area contributed by atoms with Crippen molar-refractivity contribution in [3.05, 3.63) is 46.6 Å². The van der Waals surface area contributed by atoms with Crippen LogP contribution >= 0.6 is 31.9 Å². The Morgan fingerprint density at radius 1 is 1.29 bits per heavy atom. The molecule has 0 aliphatic rings. The first-order chi connectivity index (χ1) is 7.72. The van der Waals surface area contributed by atoms with Crippen molar-refractivity contribution in [1.29, 1.82) is 0 Å². The van der Waals surface area contributed by atoms with Crippen LogP contribution in [0.4, 0.5) is 0 Å². The van der Waals surface area contributed by atoms with E-state index in [1.54, 1.807) is 0 Å². The highest BCUT2D eigenvalue weighted by Crippen LogP contribution is 2.15. The fraction of sp³-hybridized carbons (Fsp3) is 0.154. The topological polar surface area (TPSA) is 3.88 Å². The van der Waals surface area contributed by atoms with Gasteiger partial charge in [0.05, 0.1) is 4.48 Å². The second-order valence-electron chi connectivity index (χ2n) is 3.63. The van der Waals surface area contributed by atoms with Gasteiger partial charge in [-0.25, -0.2) is 0 Å². The molecule has 0 radical (unpaired) electrons. The number of aromatic nitrogens is 1. The summed E-state index contributed by atoms with van der Waals surface area (Å²) in [4.78, 5) is 0. The second-order valence-corrected chi connectivity index (χ2v) is 5.21. The van der Waals surface area contributed by atoms with Gasteiger partial charge in [-0.15, -0.1) is 0 Å². The Hall–Kier alpha value is -0.190. The van der Waals surface area contributed by atoms with Crippen LogP contribution in [0.5, 0.6) is 0 Å². The van der Waals surface area contributed by atoms with Gasteiger partial charge in [0.15, 0.2) is 12.4 Å². The molecule has 2 rings (SSSR count). The van der Waals surface area contributed by atoms with E-state index in [0.29, 0.717) is 0 Å². The Kier molecular flexibility index (Phi) is 5.83. The fourth-order valence-corrected chi connectivity index (χ4v) is 2.06. The van der Waals surface area contributed by atoms with Gasteiger partial charge in [-0.05, 0) is 34.5 Å². The zero-order chi connectivity index (χ0) is 11.5. The van der Waals surface area contributed by atoms with Crippen LogP contribution in [0.2, 0.25) is 0 Å². The van der Waals surface area contributed by atoms with Crippen LogP contribution in [0.25, 0.3) is 17.1 Å². The van der Waals surface area contributed by atoms with E-state index < -0.39 is 0 Å². The Labute approximate surface area is 129 Å². The Bertz CT molecular complexity index is 549. The molecule has 1 nitrogen and oxygen atoms in total. The van der Waals surface area contributed by atoms with E-state index in [4.69, 9.17) is 0 Å². The van der Waals surface area contributed by atoms with Gasteiger partial charge in [-0.3, -0.25) is 0 Å². The smallest absolute Gasteiger partial charge is 0.218 e. The summed E-state index contributed by atoms with van der Waals surface area (Å²) in [6, 6.07) is 10.6. The summed E-state index contributed by atoms with van der Waals surface area (Å²) in [6.45, 7) is 2.13. The number of alkyl halides is 1. The van der Waals surface area contributed by atoms with E-state index in [1.807, 2.05) is 0 Å². The number of allylic oxidation sites excluding steroid dienone is 1. The molecule has 0 saturated heterocycles. The van der Waals surface area contributed by atoms with E-state index in [-0.39, 0.29) is 17.0 Å². The normalized spacial score (nSPS) is 11.4. The van der Waals surface area contributed by atoms with E-state index in [0.717, 1.165) is 9.81 Å². The van der Waals surface area contributed by atoms with E-state index in [2.05, 4.69) is 86.1 Å². The van der Waals surface area contributed by atoms with Crippen molar-refractivity contribution in [3.8, 4) is 0 Å². The van der Waals surface area contributed by atoms with Crippen LogP contribution in [0.3, 0.4) is 0 Å². The minimum Gasteiger partial charge on any atom is -1.00 e. The zero-order valence-corrected chi connectivity index (χ0v) is 14.1. The first-order valence-corrected chi connectivity index (χ1v) is 6.95. The fourth-order valence-electron chi connectivity index (χ4n) is 1.69. The number of aryl methyl sites for hydroxylation is 1. The highest BCUT2D eigenvalue weighted by atomic mass is 79.9. The summed E-state index contributed by atoms with van der Waals surface area (Å²) in [5.41, 5.74) is 2.52. The second kappa shape index (κ2) is 6.66. The van der Waals surface area contributed by atoms with Gasteiger partial charge >= 0.3 is 0 Å². The predicted molar refractivity (Wildman–Crippen MR) is 75.9 cm³/mol. The van der Waals surface area contributed by atoms with Crippen molar-refractivity contribution in [1.82, 2.24) is 0 Å². The molecule has 0 fully saturated rings. The van der Waals surface area contributed by atoms with Crippen LogP contribution in [0.1, 0.15) is 5.56 Å². The molecule has 17 heavy (non-hydrogen) atoms. The number of halogens is 3. The third-order valence-electron chi connectivity index (χ3n) is 2.50. The van der Waals surface area contributed by atoms with Crippen molar-refractivity contribution < 1.29 is 21.5 Å². The molecule has 0 aliphatic carbocycles. The van der Waals surface area contributed by atoms with Gasteiger partial charge < -0.3 is 17.0 Å². The lowest BCUT2D eigenvalue weighted by Gasteiger charge is -2.00. The molecule has 1 aromatic carbocycles. The summed E-state index contributed by atoms with van der Waals surface area (Å²) in [6.07, 6.45) is 4.16. The lowest BCUT2D eigenvalue weighted by Crippen LogP contribution is -3.00. The standard InChI is InChI=1S/C13H12Br2N.BrH/c1-10-6-7-16(9-11(15)8-14)13-5-3-2-4-12(10)13;/h2-7,9H,8H2,1H3;1H/q+1;/p-1. The quantitative estimate of drug-likeness (QED) is 0.503. The summed E-state index contributed by atoms with van der Waals surface area (Å²) >= 11 is 6.93. The number of fused-ring (bicyclic) bond motifs is 1. The lowest BCUT2D eigenvalue weighted by molar-refractivity contribution is -0.539. The summed E-state index contributed by atoms with van der Waals surface area (Å²) < 4.78 is 3.25. The highest BCUT2D eigenvalue weighted by molar-refractivity contribution is 9.13. The van der Waals surface area contributed by atoms with Crippen LogP contribution < -0.4 is 21.5 Å². The number of rotatable bonds is 2. The molecule has 1 heterocycles. The number of nitrogens with zero attached hydrogens (tertiary/aromatic N) is 1. The summed E-state index contributed by atoms with van der Waals surface area (Å²) in [7, 11) is 0. The van der Waals surface area contributed by atoms with Crippen molar-refractivity contribution in [3.63, 3.8) is 0 Å². The highest BCUT2D eigenvalue weighted by Gasteiger charge is 2.08. The van der Waals surface area contributed by atoms with Gasteiger partial charge in [-0.1, -0.05) is 28.1 Å². The molecule has 0 unspecified atom stereocenters. The number of hydrogen-bond donors (Lipinski definition) is 0. The average Bonchev–Trinajstić information content (AvgIpc) is 2.33. The van der Waals surface area contributed by atoms with Crippen LogP contribution in [-0.4, -0.2) is 5.33 Å². The van der Waals surface area contributed by atoms with E-state index in [1.165, 1.54) is 16.5 Å². The zero-order valence-electron chi connectivity index (χ0n) is 9.33. The first kappa shape index (κ1) is 14.9. The molecule has 2 aromatic rings. The molecule has 0 spiro atoms. The molecule has 0 N–H and O–H groups in total. The number of para-hydroxylation sites is 1. The molecule has 0 atom stereocenters. The van der Waals surface area contributed by atoms with Crippen LogP contribution in [0, 0.1) is 6.92 Å². The van der Waals surface area contributed by atoms with Gasteiger partial charge in [0.25, 0.3) is 0 Å². The average molecular weight is 422 g/mol. The van der Waals surface area contributed by atoms with Crippen molar-refractivity contribution in [2.45, 2.75) is 6.92 Å². The van der Waals surface area contributed by atoms with Gasteiger partial charge in [0, 0.05) is 22.8 Å². The molecule has 1 aromatic heterocycles. The van der Waals surface area contributed by atoms with Gasteiger partial charge in [0.2, 0.25) is 5.52 Å². The van der Waals surface area contributed by atoms with Crippen LogP contribution in [-0.2, 0) is 0 Å². The molecular formula is C13H12Br3N. The summed E-state index contributed by atoms with van der Waals surface area (Å²) in [5.74, 6) is 0. The van der Waals surface area contributed by atoms with Gasteiger partial charge in [-0.2, -0.15) is 4.57 Å². The van der Waals surface area contributed by atoms with Gasteiger partial charge in [0.1, 0.15) is 0 Å². The Morgan fingerprint density at radius 3 is 2.71 bits per heavy atom. The maximum atomic E-state index is 3.51. The monoisotopic (exact) mass is 419 g/mol. The largest absolute Gasteiger partial charge is 1.00 e. The predicted octanol–water partition coefficient (Wildman–Crippen LogP) is 1.03. The summed E-state index contributed by atoms with van der Waals surface area (Å²) in [5, 5.41) is 2.11. The third-order valence-corrected chi connectivity index (χ3v) is 4.34.